The zero-order valence-electron chi connectivity index (χ0n) is 18.4. The highest BCUT2D eigenvalue weighted by Gasteiger charge is 2.30. The maximum atomic E-state index is 12.3. The van der Waals surface area contributed by atoms with Crippen LogP contribution in [0.2, 0.25) is 0 Å². The molecule has 1 aliphatic heterocycles. The van der Waals surface area contributed by atoms with Gasteiger partial charge in [-0.15, -0.1) is 5.10 Å². The lowest BCUT2D eigenvalue weighted by Gasteiger charge is -2.28. The van der Waals surface area contributed by atoms with Crippen molar-refractivity contribution in [3.63, 3.8) is 0 Å². The number of pyridine rings is 1. The Labute approximate surface area is 195 Å². The third kappa shape index (κ3) is 4.13. The number of hydrogen-bond acceptors (Lipinski definition) is 8. The maximum Gasteiger partial charge on any atom is 0.323 e. The molecular formula is C23H23N9O2. The van der Waals surface area contributed by atoms with Crippen molar-refractivity contribution in [3.05, 3.63) is 48.8 Å². The number of amides is 2. The van der Waals surface area contributed by atoms with Gasteiger partial charge in [0.05, 0.1) is 31.1 Å². The van der Waals surface area contributed by atoms with E-state index in [0.717, 1.165) is 48.5 Å². The molecule has 0 bridgehead atoms. The summed E-state index contributed by atoms with van der Waals surface area (Å²) < 4.78 is 7.43. The van der Waals surface area contributed by atoms with Crippen molar-refractivity contribution >= 4 is 34.4 Å². The van der Waals surface area contributed by atoms with Gasteiger partial charge in [0.1, 0.15) is 0 Å². The van der Waals surface area contributed by atoms with Gasteiger partial charge in [-0.3, -0.25) is 4.98 Å². The van der Waals surface area contributed by atoms with E-state index in [1.54, 1.807) is 24.5 Å². The molecule has 2 amide bonds. The third-order valence-electron chi connectivity index (χ3n) is 5.83. The van der Waals surface area contributed by atoms with Crippen LogP contribution in [0.15, 0.2) is 48.8 Å². The van der Waals surface area contributed by atoms with Crippen molar-refractivity contribution in [3.8, 4) is 11.4 Å². The van der Waals surface area contributed by atoms with E-state index in [1.165, 1.54) is 0 Å². The first-order valence-corrected chi connectivity index (χ1v) is 11.3. The summed E-state index contributed by atoms with van der Waals surface area (Å²) in [6.07, 6.45) is 5.42. The highest BCUT2D eigenvalue weighted by atomic mass is 16.5. The van der Waals surface area contributed by atoms with Crippen LogP contribution < -0.4 is 15.5 Å². The second-order valence-corrected chi connectivity index (χ2v) is 8.31. The summed E-state index contributed by atoms with van der Waals surface area (Å²) in [4.78, 5) is 28.1. The molecule has 6 rings (SSSR count). The molecule has 11 nitrogen and oxygen atoms in total. The Morgan fingerprint density at radius 2 is 1.79 bits per heavy atom. The molecule has 2 fully saturated rings. The van der Waals surface area contributed by atoms with Gasteiger partial charge in [-0.05, 0) is 49.2 Å². The fourth-order valence-electron chi connectivity index (χ4n) is 3.94. The summed E-state index contributed by atoms with van der Waals surface area (Å²) >= 11 is 0. The Morgan fingerprint density at radius 1 is 1.00 bits per heavy atom. The largest absolute Gasteiger partial charge is 0.378 e. The molecule has 1 aromatic carbocycles. The Morgan fingerprint density at radius 3 is 2.53 bits per heavy atom. The van der Waals surface area contributed by atoms with E-state index in [-0.39, 0.29) is 6.03 Å². The number of nitrogens with one attached hydrogen (secondary N) is 2. The SMILES string of the molecule is O=C(Nc1ccc(-c2nc(N3CCOCC3)c3nnn(C4CC4)c3n2)cc1)Nc1cccnc1. The highest BCUT2D eigenvalue weighted by Crippen LogP contribution is 2.37. The van der Waals surface area contributed by atoms with Crippen LogP contribution in [0.3, 0.4) is 0 Å². The molecule has 0 unspecified atom stereocenters. The fourth-order valence-corrected chi connectivity index (χ4v) is 3.94. The molecule has 0 spiro atoms. The van der Waals surface area contributed by atoms with E-state index in [0.29, 0.717) is 36.5 Å². The number of anilines is 3. The molecule has 2 N–H and O–H groups in total. The molecule has 1 saturated carbocycles. The van der Waals surface area contributed by atoms with Crippen LogP contribution in [0.5, 0.6) is 0 Å². The van der Waals surface area contributed by atoms with Gasteiger partial charge in [-0.25, -0.2) is 19.4 Å². The lowest BCUT2D eigenvalue weighted by Crippen LogP contribution is -2.37. The van der Waals surface area contributed by atoms with E-state index in [2.05, 4.69) is 30.8 Å². The first-order chi connectivity index (χ1) is 16.7. The van der Waals surface area contributed by atoms with Gasteiger partial charge in [0.25, 0.3) is 0 Å². The van der Waals surface area contributed by atoms with Gasteiger partial charge < -0.3 is 20.3 Å². The smallest absolute Gasteiger partial charge is 0.323 e. The fraction of sp³-hybridized carbons (Fsp3) is 0.304. The number of rotatable bonds is 5. The second-order valence-electron chi connectivity index (χ2n) is 8.31. The molecule has 2 aliphatic rings. The summed E-state index contributed by atoms with van der Waals surface area (Å²) in [7, 11) is 0. The summed E-state index contributed by atoms with van der Waals surface area (Å²) in [5.41, 5.74) is 3.60. The molecule has 11 heteroatoms. The van der Waals surface area contributed by atoms with Crippen molar-refractivity contribution in [1.82, 2.24) is 29.9 Å². The first-order valence-electron chi connectivity index (χ1n) is 11.3. The lowest BCUT2D eigenvalue weighted by atomic mass is 10.2. The number of aromatic nitrogens is 6. The first kappa shape index (κ1) is 20.5. The number of benzene rings is 1. The Balaban J connectivity index is 1.28. The minimum absolute atomic E-state index is 0.340. The predicted octanol–water partition coefficient (Wildman–Crippen LogP) is 3.10. The summed E-state index contributed by atoms with van der Waals surface area (Å²) in [5, 5.41) is 14.4. The molecule has 0 radical (unpaired) electrons. The van der Waals surface area contributed by atoms with Gasteiger partial charge >= 0.3 is 6.03 Å². The number of nitrogens with zero attached hydrogens (tertiary/aromatic N) is 7. The van der Waals surface area contributed by atoms with Crippen LogP contribution >= 0.6 is 0 Å². The van der Waals surface area contributed by atoms with E-state index in [9.17, 15) is 4.79 Å². The van der Waals surface area contributed by atoms with Crippen LogP contribution in [-0.4, -0.2) is 62.3 Å². The number of carbonyl (C=O) groups excluding carboxylic acids is 1. The number of carbonyl (C=O) groups is 1. The second kappa shape index (κ2) is 8.67. The van der Waals surface area contributed by atoms with Crippen LogP contribution in [-0.2, 0) is 4.74 Å². The van der Waals surface area contributed by atoms with E-state index < -0.39 is 0 Å². The zero-order chi connectivity index (χ0) is 22.9. The van der Waals surface area contributed by atoms with E-state index in [4.69, 9.17) is 14.7 Å². The normalized spacial score (nSPS) is 15.9. The number of hydrogen-bond donors (Lipinski definition) is 2. The van der Waals surface area contributed by atoms with Crippen molar-refractivity contribution in [1.29, 1.82) is 0 Å². The topological polar surface area (TPSA) is 123 Å². The quantitative estimate of drug-likeness (QED) is 0.469. The number of fused-ring (bicyclic) bond motifs is 1. The van der Waals surface area contributed by atoms with Gasteiger partial charge in [0, 0.05) is 30.5 Å². The molecule has 3 aromatic heterocycles. The Bertz CT molecular complexity index is 1310. The standard InChI is InChI=1S/C23H23N9O2/c33-23(26-17-2-1-9-24-14-17)25-16-5-3-15(4-6-16)20-27-21(31-10-12-34-13-11-31)19-22(28-20)32(30-29-19)18-7-8-18/h1-6,9,14,18H,7-8,10-13H2,(H2,25,26,33). The monoisotopic (exact) mass is 457 g/mol. The average Bonchev–Trinajstić information content (AvgIpc) is 3.63. The molecule has 34 heavy (non-hydrogen) atoms. The molecule has 172 valence electrons. The summed E-state index contributed by atoms with van der Waals surface area (Å²) in [5.74, 6) is 1.39. The van der Waals surface area contributed by atoms with Gasteiger partial charge in [-0.2, -0.15) is 0 Å². The van der Waals surface area contributed by atoms with Crippen LogP contribution in [0.25, 0.3) is 22.6 Å². The summed E-state index contributed by atoms with van der Waals surface area (Å²) in [6, 6.07) is 11.0. The van der Waals surface area contributed by atoms with Crippen molar-refractivity contribution in [2.45, 2.75) is 18.9 Å². The van der Waals surface area contributed by atoms with Gasteiger partial charge in [-0.1, -0.05) is 5.21 Å². The van der Waals surface area contributed by atoms with Gasteiger partial charge in [0.15, 0.2) is 22.8 Å². The zero-order valence-corrected chi connectivity index (χ0v) is 18.4. The average molecular weight is 457 g/mol. The van der Waals surface area contributed by atoms with E-state index in [1.807, 2.05) is 28.9 Å². The Hall–Kier alpha value is -4.12. The molecule has 4 heterocycles. The molecule has 1 saturated heterocycles. The van der Waals surface area contributed by atoms with Crippen LogP contribution in [0.4, 0.5) is 22.0 Å². The molecule has 4 aromatic rings. The van der Waals surface area contributed by atoms with Crippen LogP contribution in [0.1, 0.15) is 18.9 Å². The number of urea groups is 1. The predicted molar refractivity (Wildman–Crippen MR) is 127 cm³/mol. The molecular weight excluding hydrogens is 434 g/mol. The van der Waals surface area contributed by atoms with Crippen molar-refractivity contribution in [2.24, 2.45) is 0 Å². The highest BCUT2D eigenvalue weighted by molar-refractivity contribution is 5.99. The van der Waals surface area contributed by atoms with Crippen molar-refractivity contribution in [2.75, 3.05) is 41.8 Å². The number of ether oxygens (including phenoxy) is 1. The van der Waals surface area contributed by atoms with Gasteiger partial charge in [0.2, 0.25) is 0 Å². The molecule has 1 aliphatic carbocycles. The minimum Gasteiger partial charge on any atom is -0.378 e. The van der Waals surface area contributed by atoms with Crippen LogP contribution in [0, 0.1) is 0 Å². The number of morpholine rings is 1. The lowest BCUT2D eigenvalue weighted by molar-refractivity contribution is 0.122. The molecule has 0 atom stereocenters. The summed E-state index contributed by atoms with van der Waals surface area (Å²) in [6.45, 7) is 2.80. The maximum absolute atomic E-state index is 12.3. The third-order valence-corrected chi connectivity index (χ3v) is 5.83. The van der Waals surface area contributed by atoms with Crippen molar-refractivity contribution < 1.29 is 9.53 Å². The minimum atomic E-state index is -0.340. The van der Waals surface area contributed by atoms with E-state index >= 15 is 0 Å². The Kier molecular flexibility index (Phi) is 5.22.